The van der Waals surface area contributed by atoms with E-state index in [1.54, 1.807) is 12.1 Å². The highest BCUT2D eigenvalue weighted by atomic mass is 35.5. The molecule has 1 amide bonds. The summed E-state index contributed by atoms with van der Waals surface area (Å²) >= 11 is 5.98. The molecular formula is C18H14ClFN4O4. The largest absolute Gasteiger partial charge is 0.482 e. The highest BCUT2D eigenvalue weighted by Crippen LogP contribution is 2.23. The molecule has 144 valence electrons. The first-order valence-corrected chi connectivity index (χ1v) is 8.37. The van der Waals surface area contributed by atoms with Gasteiger partial charge in [0.25, 0.3) is 5.91 Å². The van der Waals surface area contributed by atoms with Gasteiger partial charge in [0.1, 0.15) is 24.2 Å². The second-order valence-corrected chi connectivity index (χ2v) is 5.89. The Labute approximate surface area is 163 Å². The van der Waals surface area contributed by atoms with Crippen molar-refractivity contribution in [2.75, 3.05) is 18.5 Å². The van der Waals surface area contributed by atoms with Crippen molar-refractivity contribution in [1.82, 2.24) is 14.8 Å². The van der Waals surface area contributed by atoms with Crippen LogP contribution in [0.2, 0.25) is 5.02 Å². The lowest BCUT2D eigenvalue weighted by Gasteiger charge is -2.12. The molecule has 0 radical (unpaired) electrons. The number of nitrogens with one attached hydrogen (secondary N) is 1. The third-order valence-electron chi connectivity index (χ3n) is 3.43. The van der Waals surface area contributed by atoms with Crippen LogP contribution in [0.3, 0.4) is 0 Å². The summed E-state index contributed by atoms with van der Waals surface area (Å²) in [6, 6.07) is 9.99. The molecule has 1 aromatic heterocycles. The van der Waals surface area contributed by atoms with Gasteiger partial charge in [0, 0.05) is 5.02 Å². The third-order valence-corrected chi connectivity index (χ3v) is 3.67. The Kier molecular flexibility index (Phi) is 6.18. The summed E-state index contributed by atoms with van der Waals surface area (Å²) in [4.78, 5) is 27.7. The highest BCUT2D eigenvalue weighted by molar-refractivity contribution is 6.31. The maximum absolute atomic E-state index is 12.8. The summed E-state index contributed by atoms with van der Waals surface area (Å²) < 4.78 is 24.3. The molecule has 0 spiro atoms. The van der Waals surface area contributed by atoms with Gasteiger partial charge in [-0.15, -0.1) is 0 Å². The van der Waals surface area contributed by atoms with Crippen LogP contribution in [0.15, 0.2) is 55.1 Å². The molecule has 0 unspecified atom stereocenters. The maximum Gasteiger partial charge on any atom is 0.344 e. The molecule has 0 saturated heterocycles. The van der Waals surface area contributed by atoms with E-state index in [2.05, 4.69) is 15.4 Å². The van der Waals surface area contributed by atoms with Crippen LogP contribution >= 0.6 is 11.6 Å². The number of carbonyl (C=O) groups is 2. The minimum atomic E-state index is -0.748. The number of anilines is 1. The Balaban J connectivity index is 1.52. The van der Waals surface area contributed by atoms with Crippen LogP contribution in [0.4, 0.5) is 10.1 Å². The average Bonchev–Trinajstić information content (AvgIpc) is 3.20. The van der Waals surface area contributed by atoms with E-state index >= 15 is 0 Å². The molecule has 0 aliphatic rings. The number of esters is 1. The number of hydrogen-bond donors (Lipinski definition) is 1. The zero-order valence-electron chi connectivity index (χ0n) is 14.3. The fraction of sp³-hybridized carbons (Fsp3) is 0.111. The van der Waals surface area contributed by atoms with E-state index < -0.39 is 30.9 Å². The summed E-state index contributed by atoms with van der Waals surface area (Å²) in [5.74, 6) is -1.43. The molecule has 3 rings (SSSR count). The minimum absolute atomic E-state index is 0.305. The molecule has 1 N–H and O–H groups in total. The van der Waals surface area contributed by atoms with E-state index in [1.807, 2.05) is 0 Å². The average molecular weight is 405 g/mol. The summed E-state index contributed by atoms with van der Waals surface area (Å²) in [5, 5.41) is 7.01. The van der Waals surface area contributed by atoms with Crippen molar-refractivity contribution in [3.8, 4) is 11.4 Å². The normalized spacial score (nSPS) is 10.4. The van der Waals surface area contributed by atoms with Gasteiger partial charge in [-0.3, -0.25) is 4.79 Å². The van der Waals surface area contributed by atoms with E-state index in [1.165, 1.54) is 47.7 Å². The number of aromatic nitrogens is 3. The Morgan fingerprint density at radius 2 is 1.93 bits per heavy atom. The molecule has 0 saturated carbocycles. The van der Waals surface area contributed by atoms with Gasteiger partial charge in [0.2, 0.25) is 0 Å². The molecule has 28 heavy (non-hydrogen) atoms. The van der Waals surface area contributed by atoms with Gasteiger partial charge in [-0.05, 0) is 42.5 Å². The van der Waals surface area contributed by atoms with Crippen LogP contribution in [0, 0.1) is 5.82 Å². The van der Waals surface area contributed by atoms with Gasteiger partial charge >= 0.3 is 5.97 Å². The molecule has 0 aliphatic carbocycles. The Morgan fingerprint density at radius 1 is 1.14 bits per heavy atom. The predicted octanol–water partition coefficient (Wildman–Crippen LogP) is 2.62. The smallest absolute Gasteiger partial charge is 0.344 e. The van der Waals surface area contributed by atoms with Crippen LogP contribution < -0.4 is 10.1 Å². The number of benzene rings is 2. The monoisotopic (exact) mass is 404 g/mol. The second-order valence-electron chi connectivity index (χ2n) is 5.45. The number of ether oxygens (including phenoxy) is 2. The number of carbonyl (C=O) groups excluding carboxylic acids is 2. The Hall–Kier alpha value is -3.46. The molecule has 1 heterocycles. The van der Waals surface area contributed by atoms with Crippen molar-refractivity contribution < 1.29 is 23.5 Å². The molecule has 10 heteroatoms. The Morgan fingerprint density at radius 3 is 2.64 bits per heavy atom. The van der Waals surface area contributed by atoms with E-state index in [4.69, 9.17) is 21.1 Å². The number of nitrogens with zero attached hydrogens (tertiary/aromatic N) is 3. The van der Waals surface area contributed by atoms with Crippen LogP contribution in [0.25, 0.3) is 5.69 Å². The lowest BCUT2D eigenvalue weighted by Crippen LogP contribution is -2.24. The predicted molar refractivity (Wildman–Crippen MR) is 97.9 cm³/mol. The summed E-state index contributed by atoms with van der Waals surface area (Å²) in [6.45, 7) is -0.935. The number of rotatable bonds is 7. The zero-order valence-corrected chi connectivity index (χ0v) is 15.1. The molecule has 0 aliphatic heterocycles. The van der Waals surface area contributed by atoms with Crippen LogP contribution in [0.5, 0.6) is 5.75 Å². The van der Waals surface area contributed by atoms with Crippen molar-refractivity contribution in [3.05, 3.63) is 66.0 Å². The van der Waals surface area contributed by atoms with Crippen molar-refractivity contribution in [1.29, 1.82) is 0 Å². The zero-order chi connectivity index (χ0) is 19.9. The van der Waals surface area contributed by atoms with Crippen LogP contribution in [-0.2, 0) is 14.3 Å². The summed E-state index contributed by atoms with van der Waals surface area (Å²) in [6.07, 6.45) is 2.81. The van der Waals surface area contributed by atoms with Crippen molar-refractivity contribution in [3.63, 3.8) is 0 Å². The lowest BCUT2D eigenvalue weighted by atomic mass is 10.2. The van der Waals surface area contributed by atoms with Gasteiger partial charge in [0.05, 0.1) is 11.4 Å². The van der Waals surface area contributed by atoms with Crippen molar-refractivity contribution in [2.45, 2.75) is 0 Å². The number of amides is 1. The molecule has 0 bridgehead atoms. The first-order chi connectivity index (χ1) is 13.5. The highest BCUT2D eigenvalue weighted by Gasteiger charge is 2.13. The van der Waals surface area contributed by atoms with Gasteiger partial charge in [-0.25, -0.2) is 18.9 Å². The van der Waals surface area contributed by atoms with Crippen molar-refractivity contribution >= 4 is 29.2 Å². The van der Waals surface area contributed by atoms with Crippen molar-refractivity contribution in [2.24, 2.45) is 0 Å². The lowest BCUT2D eigenvalue weighted by molar-refractivity contribution is -0.149. The molecular weight excluding hydrogens is 391 g/mol. The summed E-state index contributed by atoms with van der Waals surface area (Å²) in [7, 11) is 0. The van der Waals surface area contributed by atoms with Crippen LogP contribution in [0.1, 0.15) is 0 Å². The van der Waals surface area contributed by atoms with Gasteiger partial charge < -0.3 is 14.8 Å². The SMILES string of the molecule is O=C(COC(=O)COc1ccc(F)cc1)Nc1cc(Cl)ccc1-n1cncn1. The molecule has 3 aromatic rings. The summed E-state index contributed by atoms with van der Waals surface area (Å²) in [5.41, 5.74) is 0.919. The molecule has 0 atom stereocenters. The maximum atomic E-state index is 12.8. The van der Waals surface area contributed by atoms with E-state index in [-0.39, 0.29) is 0 Å². The number of halogens is 2. The fourth-order valence-corrected chi connectivity index (χ4v) is 2.36. The van der Waals surface area contributed by atoms with E-state index in [0.717, 1.165) is 0 Å². The third kappa shape index (κ3) is 5.27. The first-order valence-electron chi connectivity index (χ1n) is 7.99. The molecule has 0 fully saturated rings. The van der Waals surface area contributed by atoms with E-state index in [9.17, 15) is 14.0 Å². The van der Waals surface area contributed by atoms with Gasteiger partial charge in [-0.1, -0.05) is 11.6 Å². The minimum Gasteiger partial charge on any atom is -0.482 e. The first kappa shape index (κ1) is 19.3. The molecule has 8 nitrogen and oxygen atoms in total. The van der Waals surface area contributed by atoms with Gasteiger partial charge in [-0.2, -0.15) is 5.10 Å². The topological polar surface area (TPSA) is 95.3 Å². The quantitative estimate of drug-likeness (QED) is 0.608. The molecule has 2 aromatic carbocycles. The second kappa shape index (κ2) is 8.96. The van der Waals surface area contributed by atoms with Crippen LogP contribution in [-0.4, -0.2) is 39.9 Å². The van der Waals surface area contributed by atoms with E-state index in [0.29, 0.717) is 22.1 Å². The number of hydrogen-bond acceptors (Lipinski definition) is 6. The standard InChI is InChI=1S/C18H14ClFN4O4/c19-12-1-6-16(24-11-21-10-22-24)15(7-12)23-17(25)8-28-18(26)9-27-14-4-2-13(20)3-5-14/h1-7,10-11H,8-9H2,(H,23,25). The Bertz CT molecular complexity index is 964. The fourth-order valence-electron chi connectivity index (χ4n) is 2.19. The van der Waals surface area contributed by atoms with Gasteiger partial charge in [0.15, 0.2) is 13.2 Å².